The third-order valence-electron chi connectivity index (χ3n) is 3.54. The Bertz CT molecular complexity index is 236. The van der Waals surface area contributed by atoms with Gasteiger partial charge in [-0.05, 0) is 12.8 Å². The van der Waals surface area contributed by atoms with Crippen LogP contribution in [0.2, 0.25) is 0 Å². The highest BCUT2D eigenvalue weighted by Crippen LogP contribution is 2.08. The van der Waals surface area contributed by atoms with Gasteiger partial charge in [0.15, 0.2) is 0 Å². The lowest BCUT2D eigenvalue weighted by Crippen LogP contribution is -2.53. The summed E-state index contributed by atoms with van der Waals surface area (Å²) in [7, 11) is 0. The molecule has 0 bridgehead atoms. The standard InChI is InChI=1S/C13H27N3O2/c1-3-5-14-13(18)10-15-6-8-16(9-7-15)12(4-2)11-17/h12,17H,3-11H2,1-2H3,(H,14,18)/t12-/m1/s1. The maximum Gasteiger partial charge on any atom is 0.234 e. The van der Waals surface area contributed by atoms with Crippen LogP contribution in [0.15, 0.2) is 0 Å². The summed E-state index contributed by atoms with van der Waals surface area (Å²) >= 11 is 0. The lowest BCUT2D eigenvalue weighted by Gasteiger charge is -2.38. The average molecular weight is 257 g/mol. The molecule has 0 aromatic heterocycles. The molecule has 1 aliphatic heterocycles. The van der Waals surface area contributed by atoms with Crippen molar-refractivity contribution in [2.75, 3.05) is 45.9 Å². The molecule has 0 spiro atoms. The Balaban J connectivity index is 2.24. The lowest BCUT2D eigenvalue weighted by atomic mass is 10.1. The van der Waals surface area contributed by atoms with E-state index >= 15 is 0 Å². The SMILES string of the molecule is CCCNC(=O)CN1CCN([C@H](CC)CO)CC1. The largest absolute Gasteiger partial charge is 0.395 e. The third kappa shape index (κ3) is 4.92. The van der Waals surface area contributed by atoms with Crippen LogP contribution in [0, 0.1) is 0 Å². The molecule has 1 heterocycles. The molecule has 1 amide bonds. The number of aliphatic hydroxyl groups excluding tert-OH is 1. The molecule has 1 rings (SSSR count). The molecule has 5 heteroatoms. The smallest absolute Gasteiger partial charge is 0.234 e. The maximum atomic E-state index is 11.6. The van der Waals surface area contributed by atoms with E-state index in [2.05, 4.69) is 29.0 Å². The van der Waals surface area contributed by atoms with Crippen LogP contribution in [0.1, 0.15) is 26.7 Å². The monoisotopic (exact) mass is 257 g/mol. The molecule has 1 saturated heterocycles. The molecule has 0 unspecified atom stereocenters. The van der Waals surface area contributed by atoms with E-state index < -0.39 is 0 Å². The zero-order valence-corrected chi connectivity index (χ0v) is 11.7. The van der Waals surface area contributed by atoms with E-state index in [0.717, 1.165) is 45.6 Å². The molecule has 0 aromatic rings. The van der Waals surface area contributed by atoms with Crippen molar-refractivity contribution >= 4 is 5.91 Å². The van der Waals surface area contributed by atoms with Crippen LogP contribution < -0.4 is 5.32 Å². The molecule has 18 heavy (non-hydrogen) atoms. The minimum atomic E-state index is 0.125. The van der Waals surface area contributed by atoms with Gasteiger partial charge in [-0.2, -0.15) is 0 Å². The van der Waals surface area contributed by atoms with Crippen LogP contribution in [-0.4, -0.2) is 72.7 Å². The Kier molecular flexibility index (Phi) is 7.23. The van der Waals surface area contributed by atoms with Crippen LogP contribution in [0.5, 0.6) is 0 Å². The van der Waals surface area contributed by atoms with Gasteiger partial charge in [0.2, 0.25) is 5.91 Å². The fourth-order valence-electron chi connectivity index (χ4n) is 2.31. The van der Waals surface area contributed by atoms with Gasteiger partial charge in [-0.3, -0.25) is 14.6 Å². The second kappa shape index (κ2) is 8.45. The summed E-state index contributed by atoms with van der Waals surface area (Å²) in [5, 5.41) is 12.2. The fraction of sp³-hybridized carbons (Fsp3) is 0.923. The highest BCUT2D eigenvalue weighted by molar-refractivity contribution is 5.77. The maximum absolute atomic E-state index is 11.6. The summed E-state index contributed by atoms with van der Waals surface area (Å²) in [6, 6.07) is 0.279. The summed E-state index contributed by atoms with van der Waals surface area (Å²) in [5.41, 5.74) is 0. The minimum Gasteiger partial charge on any atom is -0.395 e. The van der Waals surface area contributed by atoms with E-state index in [4.69, 9.17) is 0 Å². The number of amides is 1. The van der Waals surface area contributed by atoms with Gasteiger partial charge < -0.3 is 10.4 Å². The number of hydrogen-bond acceptors (Lipinski definition) is 4. The highest BCUT2D eigenvalue weighted by Gasteiger charge is 2.23. The van der Waals surface area contributed by atoms with Crippen molar-refractivity contribution in [3.05, 3.63) is 0 Å². The first-order valence-corrected chi connectivity index (χ1v) is 7.05. The molecule has 0 aromatic carbocycles. The van der Waals surface area contributed by atoms with Crippen LogP contribution in [0.4, 0.5) is 0 Å². The van der Waals surface area contributed by atoms with Crippen LogP contribution in [-0.2, 0) is 4.79 Å². The molecule has 0 saturated carbocycles. The summed E-state index contributed by atoms with van der Waals surface area (Å²) in [6.45, 7) is 9.37. The van der Waals surface area contributed by atoms with Gasteiger partial charge in [0, 0.05) is 38.8 Å². The lowest BCUT2D eigenvalue weighted by molar-refractivity contribution is -0.122. The van der Waals surface area contributed by atoms with Gasteiger partial charge in [0.25, 0.3) is 0 Å². The molecule has 5 nitrogen and oxygen atoms in total. The summed E-state index contributed by atoms with van der Waals surface area (Å²) in [4.78, 5) is 16.1. The van der Waals surface area contributed by atoms with E-state index in [1.165, 1.54) is 0 Å². The number of carbonyl (C=O) groups is 1. The highest BCUT2D eigenvalue weighted by atomic mass is 16.3. The van der Waals surface area contributed by atoms with E-state index in [1.54, 1.807) is 0 Å². The van der Waals surface area contributed by atoms with E-state index in [1.807, 2.05) is 0 Å². The number of rotatable bonds is 7. The Morgan fingerprint density at radius 1 is 1.28 bits per heavy atom. The first-order valence-electron chi connectivity index (χ1n) is 7.05. The van der Waals surface area contributed by atoms with Crippen molar-refractivity contribution in [3.63, 3.8) is 0 Å². The van der Waals surface area contributed by atoms with E-state index in [9.17, 15) is 9.90 Å². The van der Waals surface area contributed by atoms with Crippen LogP contribution in [0.3, 0.4) is 0 Å². The molecular weight excluding hydrogens is 230 g/mol. The predicted octanol–water partition coefficient (Wildman–Crippen LogP) is -0.0989. The number of piperazine rings is 1. The Labute approximate surface area is 110 Å². The molecule has 0 aliphatic carbocycles. The molecule has 1 fully saturated rings. The van der Waals surface area contributed by atoms with Crippen molar-refractivity contribution in [1.82, 2.24) is 15.1 Å². The van der Waals surface area contributed by atoms with Crippen LogP contribution >= 0.6 is 0 Å². The predicted molar refractivity (Wildman–Crippen MR) is 72.5 cm³/mol. The zero-order valence-electron chi connectivity index (χ0n) is 11.7. The Morgan fingerprint density at radius 3 is 2.44 bits per heavy atom. The Morgan fingerprint density at radius 2 is 1.94 bits per heavy atom. The van der Waals surface area contributed by atoms with Crippen molar-refractivity contribution < 1.29 is 9.90 Å². The molecular formula is C13H27N3O2. The molecule has 1 aliphatic rings. The Hall–Kier alpha value is -0.650. The van der Waals surface area contributed by atoms with Gasteiger partial charge in [0.1, 0.15) is 0 Å². The quantitative estimate of drug-likeness (QED) is 0.669. The topological polar surface area (TPSA) is 55.8 Å². The van der Waals surface area contributed by atoms with Gasteiger partial charge in [-0.25, -0.2) is 0 Å². The average Bonchev–Trinajstić information content (AvgIpc) is 2.40. The molecule has 106 valence electrons. The van der Waals surface area contributed by atoms with E-state index in [-0.39, 0.29) is 18.6 Å². The molecule has 2 N–H and O–H groups in total. The summed E-state index contributed by atoms with van der Waals surface area (Å²) in [5.74, 6) is 0.125. The normalized spacial score (nSPS) is 19.7. The van der Waals surface area contributed by atoms with E-state index in [0.29, 0.717) is 6.54 Å². The van der Waals surface area contributed by atoms with Crippen molar-refractivity contribution in [3.8, 4) is 0 Å². The molecule has 1 atom stereocenters. The first kappa shape index (κ1) is 15.4. The number of hydrogen-bond donors (Lipinski definition) is 2. The summed E-state index contributed by atoms with van der Waals surface area (Å²) < 4.78 is 0. The van der Waals surface area contributed by atoms with Gasteiger partial charge >= 0.3 is 0 Å². The first-order chi connectivity index (χ1) is 8.71. The second-order valence-corrected chi connectivity index (χ2v) is 4.91. The summed E-state index contributed by atoms with van der Waals surface area (Å²) in [6.07, 6.45) is 1.96. The van der Waals surface area contributed by atoms with Crippen molar-refractivity contribution in [1.29, 1.82) is 0 Å². The minimum absolute atomic E-state index is 0.125. The van der Waals surface area contributed by atoms with Gasteiger partial charge in [-0.1, -0.05) is 13.8 Å². The van der Waals surface area contributed by atoms with Gasteiger partial charge in [0.05, 0.1) is 13.2 Å². The van der Waals surface area contributed by atoms with Crippen molar-refractivity contribution in [2.24, 2.45) is 0 Å². The van der Waals surface area contributed by atoms with Crippen molar-refractivity contribution in [2.45, 2.75) is 32.7 Å². The van der Waals surface area contributed by atoms with Gasteiger partial charge in [-0.15, -0.1) is 0 Å². The number of aliphatic hydroxyl groups is 1. The van der Waals surface area contributed by atoms with Crippen LogP contribution in [0.25, 0.3) is 0 Å². The number of nitrogens with one attached hydrogen (secondary N) is 1. The third-order valence-corrected chi connectivity index (χ3v) is 3.54. The fourth-order valence-corrected chi connectivity index (χ4v) is 2.31. The molecule has 0 radical (unpaired) electrons. The number of nitrogens with zero attached hydrogens (tertiary/aromatic N) is 2. The zero-order chi connectivity index (χ0) is 13.4. The number of carbonyl (C=O) groups excluding carboxylic acids is 1. The second-order valence-electron chi connectivity index (χ2n) is 4.91.